The second kappa shape index (κ2) is 7.80. The average Bonchev–Trinajstić information content (AvgIpc) is 3.17. The zero-order chi connectivity index (χ0) is 22.5. The molecule has 10 heteroatoms. The number of amides is 1. The molecule has 162 valence electrons. The maximum absolute atomic E-state index is 13.4. The van der Waals surface area contributed by atoms with Gasteiger partial charge in [0.2, 0.25) is 0 Å². The van der Waals surface area contributed by atoms with E-state index in [4.69, 9.17) is 16.6 Å². The lowest BCUT2D eigenvalue weighted by Gasteiger charge is -2.16. The summed E-state index contributed by atoms with van der Waals surface area (Å²) in [4.78, 5) is 17.8. The number of hydrogen-bond donors (Lipinski definition) is 1. The normalized spacial score (nSPS) is 15.7. The molecule has 3 aromatic rings. The van der Waals surface area contributed by atoms with Gasteiger partial charge >= 0.3 is 5.92 Å². The van der Waals surface area contributed by atoms with Gasteiger partial charge in [0, 0.05) is 34.5 Å². The molecule has 31 heavy (non-hydrogen) atoms. The molecule has 0 bridgehead atoms. The van der Waals surface area contributed by atoms with E-state index in [2.05, 4.69) is 15.5 Å². The topological polar surface area (TPSA) is 72.2 Å². The second-order valence-electron chi connectivity index (χ2n) is 7.50. The number of benzene rings is 1. The first-order valence-electron chi connectivity index (χ1n) is 9.60. The highest BCUT2D eigenvalue weighted by atomic mass is 35.5. The second-order valence-corrected chi connectivity index (χ2v) is 9.14. The van der Waals surface area contributed by atoms with E-state index in [0.717, 1.165) is 26.6 Å². The lowest BCUT2D eigenvalue weighted by Crippen LogP contribution is -2.39. The molecule has 0 spiro atoms. The van der Waals surface area contributed by atoms with Crippen molar-refractivity contribution in [1.29, 1.82) is 0 Å². The van der Waals surface area contributed by atoms with E-state index in [1.165, 1.54) is 0 Å². The van der Waals surface area contributed by atoms with E-state index < -0.39 is 17.9 Å². The Kier molecular flexibility index (Phi) is 5.43. The quantitative estimate of drug-likeness (QED) is 0.616. The minimum atomic E-state index is -3.48. The van der Waals surface area contributed by atoms with Gasteiger partial charge in [0.25, 0.3) is 5.91 Å². The van der Waals surface area contributed by atoms with Crippen molar-refractivity contribution < 1.29 is 13.6 Å². The Morgan fingerprint density at radius 3 is 2.55 bits per heavy atom. The number of aromatic nitrogens is 3. The summed E-state index contributed by atoms with van der Waals surface area (Å²) >= 11 is 7.66. The van der Waals surface area contributed by atoms with Gasteiger partial charge in [-0.25, -0.2) is 0 Å². The Morgan fingerprint density at radius 2 is 1.90 bits per heavy atom. The minimum Gasteiger partial charge on any atom is -0.348 e. The number of nitrogens with zero attached hydrogens (tertiary/aromatic N) is 4. The standard InChI is InChI=1S/C21H20ClF2N5OS/c1-10-11(2)31-19-16(10)17(13-5-7-14(22)8-6-13)26-15(9-25-20(30)21(4,23)24)18-28-27-12(3)29(18)19/h5-8,15H,9H2,1-4H3,(H,25,30). The smallest absolute Gasteiger partial charge is 0.321 e. The van der Waals surface area contributed by atoms with Gasteiger partial charge in [0.15, 0.2) is 5.82 Å². The molecule has 0 fully saturated rings. The molecule has 0 radical (unpaired) electrons. The highest BCUT2D eigenvalue weighted by Crippen LogP contribution is 2.38. The van der Waals surface area contributed by atoms with Crippen LogP contribution in [-0.4, -0.2) is 38.9 Å². The highest BCUT2D eigenvalue weighted by Gasteiger charge is 2.35. The van der Waals surface area contributed by atoms with E-state index >= 15 is 0 Å². The monoisotopic (exact) mass is 463 g/mol. The number of carbonyl (C=O) groups is 1. The number of nitrogens with one attached hydrogen (secondary N) is 1. The van der Waals surface area contributed by atoms with E-state index in [1.54, 1.807) is 23.5 Å². The predicted octanol–water partition coefficient (Wildman–Crippen LogP) is 4.57. The van der Waals surface area contributed by atoms with Crippen molar-refractivity contribution in [3.63, 3.8) is 0 Å². The Morgan fingerprint density at radius 1 is 1.23 bits per heavy atom. The van der Waals surface area contributed by atoms with Gasteiger partial charge < -0.3 is 5.32 Å². The van der Waals surface area contributed by atoms with Crippen LogP contribution < -0.4 is 5.32 Å². The Hall–Kier alpha value is -2.65. The molecule has 0 aliphatic carbocycles. The molecule has 1 atom stereocenters. The third-order valence-corrected chi connectivity index (χ3v) is 6.66. The van der Waals surface area contributed by atoms with Gasteiger partial charge in [0.05, 0.1) is 5.71 Å². The SMILES string of the molecule is Cc1sc2c(c1C)C(c1ccc(Cl)cc1)=NC(CNC(=O)C(C)(F)F)c1nnc(C)n1-2. The minimum absolute atomic E-state index is 0.134. The number of thiophene rings is 1. The molecule has 1 aliphatic rings. The number of aliphatic imine (C=N–C) groups is 1. The molecule has 0 saturated heterocycles. The molecule has 6 nitrogen and oxygen atoms in total. The van der Waals surface area contributed by atoms with Gasteiger partial charge in [-0.1, -0.05) is 23.7 Å². The van der Waals surface area contributed by atoms with Gasteiger partial charge in [-0.2, -0.15) is 8.78 Å². The maximum Gasteiger partial charge on any atom is 0.321 e. The fourth-order valence-electron chi connectivity index (χ4n) is 3.48. The van der Waals surface area contributed by atoms with Crippen molar-refractivity contribution in [1.82, 2.24) is 20.1 Å². The first kappa shape index (κ1) is 21.6. The molecular weight excluding hydrogens is 444 g/mol. The van der Waals surface area contributed by atoms with Gasteiger partial charge in [0.1, 0.15) is 16.9 Å². The molecule has 1 N–H and O–H groups in total. The Bertz CT molecular complexity index is 1190. The van der Waals surface area contributed by atoms with Crippen LogP contribution in [0.1, 0.15) is 46.2 Å². The van der Waals surface area contributed by atoms with Crippen molar-refractivity contribution in [2.45, 2.75) is 39.7 Å². The number of carbonyl (C=O) groups excluding carboxylic acids is 1. The molecule has 1 unspecified atom stereocenters. The molecule has 4 rings (SSSR count). The van der Waals surface area contributed by atoms with E-state index in [-0.39, 0.29) is 6.54 Å². The van der Waals surface area contributed by atoms with Crippen LogP contribution in [0.5, 0.6) is 0 Å². The molecule has 3 heterocycles. The first-order chi connectivity index (χ1) is 14.6. The fraction of sp³-hybridized carbons (Fsp3) is 0.333. The van der Waals surface area contributed by atoms with E-state index in [0.29, 0.717) is 29.3 Å². The first-order valence-corrected chi connectivity index (χ1v) is 10.8. The molecule has 1 amide bonds. The largest absolute Gasteiger partial charge is 0.348 e. The van der Waals surface area contributed by atoms with Gasteiger partial charge in [-0.15, -0.1) is 21.5 Å². The summed E-state index contributed by atoms with van der Waals surface area (Å²) in [6.45, 7) is 6.32. The van der Waals surface area contributed by atoms with Crippen LogP contribution in [-0.2, 0) is 4.79 Å². The number of rotatable bonds is 4. The highest BCUT2D eigenvalue weighted by molar-refractivity contribution is 7.15. The zero-order valence-electron chi connectivity index (χ0n) is 17.3. The Labute approximate surface area is 187 Å². The number of fused-ring (bicyclic) bond motifs is 3. The molecular formula is C21H20ClF2N5OS. The van der Waals surface area contributed by atoms with Crippen LogP contribution >= 0.6 is 22.9 Å². The van der Waals surface area contributed by atoms with Crippen molar-refractivity contribution in [3.05, 3.63) is 62.5 Å². The van der Waals surface area contributed by atoms with Crippen LogP contribution in [0.4, 0.5) is 8.78 Å². The summed E-state index contributed by atoms with van der Waals surface area (Å²) in [5, 5.41) is 12.3. The van der Waals surface area contributed by atoms with Crippen molar-refractivity contribution in [3.8, 4) is 5.00 Å². The summed E-state index contributed by atoms with van der Waals surface area (Å²) in [7, 11) is 0. The van der Waals surface area contributed by atoms with Crippen LogP contribution in [0.15, 0.2) is 29.3 Å². The lowest BCUT2D eigenvalue weighted by atomic mass is 10.00. The van der Waals surface area contributed by atoms with Crippen LogP contribution in [0.2, 0.25) is 5.02 Å². The van der Waals surface area contributed by atoms with Gasteiger partial charge in [-0.05, 0) is 38.5 Å². The molecule has 0 saturated carbocycles. The van der Waals surface area contributed by atoms with Crippen molar-refractivity contribution in [2.24, 2.45) is 4.99 Å². The molecule has 1 aromatic carbocycles. The fourth-order valence-corrected chi connectivity index (χ4v) is 4.82. The van der Waals surface area contributed by atoms with Crippen LogP contribution in [0.25, 0.3) is 5.00 Å². The number of hydrogen-bond acceptors (Lipinski definition) is 5. The third kappa shape index (κ3) is 3.87. The Balaban J connectivity index is 1.89. The number of alkyl halides is 2. The summed E-state index contributed by atoms with van der Waals surface area (Å²) in [5.41, 5.74) is 3.53. The molecule has 1 aliphatic heterocycles. The number of aryl methyl sites for hydroxylation is 2. The van der Waals surface area contributed by atoms with Crippen LogP contribution in [0, 0.1) is 20.8 Å². The maximum atomic E-state index is 13.4. The van der Waals surface area contributed by atoms with Gasteiger partial charge in [-0.3, -0.25) is 14.4 Å². The summed E-state index contributed by atoms with van der Waals surface area (Å²) < 4.78 is 28.7. The predicted molar refractivity (Wildman–Crippen MR) is 117 cm³/mol. The van der Waals surface area contributed by atoms with Crippen LogP contribution in [0.3, 0.4) is 0 Å². The summed E-state index contributed by atoms with van der Waals surface area (Å²) in [5.74, 6) is -3.70. The van der Waals surface area contributed by atoms with E-state index in [1.807, 2.05) is 37.5 Å². The number of halogens is 3. The van der Waals surface area contributed by atoms with E-state index in [9.17, 15) is 13.6 Å². The average molecular weight is 464 g/mol. The summed E-state index contributed by atoms with van der Waals surface area (Å²) in [6, 6.07) is 6.59. The van der Waals surface area contributed by atoms with Crippen molar-refractivity contribution in [2.75, 3.05) is 6.54 Å². The molecule has 2 aromatic heterocycles. The lowest BCUT2D eigenvalue weighted by molar-refractivity contribution is -0.143. The third-order valence-electron chi connectivity index (χ3n) is 5.21. The zero-order valence-corrected chi connectivity index (χ0v) is 18.9. The van der Waals surface area contributed by atoms with Crippen molar-refractivity contribution >= 4 is 34.6 Å². The summed E-state index contributed by atoms with van der Waals surface area (Å²) in [6.07, 6.45) is 0.